The number of rotatable bonds is 10. The van der Waals surface area contributed by atoms with Gasteiger partial charge in [0.2, 0.25) is 0 Å². The highest BCUT2D eigenvalue weighted by molar-refractivity contribution is 5.85. The van der Waals surface area contributed by atoms with Gasteiger partial charge >= 0.3 is 5.97 Å². The second-order valence-corrected chi connectivity index (χ2v) is 19.0. The number of cyclic esters (lactones) is 1. The summed E-state index contributed by atoms with van der Waals surface area (Å²) in [5.74, 6) is -0.680. The monoisotopic (exact) mass is 840 g/mol. The number of carbonyl (C=O) groups excluding carboxylic acids is 2. The number of carbonyl (C=O) groups is 2. The quantitative estimate of drug-likeness (QED) is 0.0878. The standard InChI is InChI=1S/C42H64O17/c1-20-36(58-32-15-28(52-4)37(21(2)55-32)59-38-35(49)34(48)33(47)29(17-43)57-38)27(45)14-31(54-20)56-23-5-10-40(19-44)25-6-9-39(3)24(22-13-30(46)53-18-22)8-12-42(39,51)26(25)7-11-41(40,50)16-23/h13,19-21,23-29,31-38,43,45,47-51H,5-12,14-18H2,1-4H3. The normalized spacial score (nSPS) is 53.8. The summed E-state index contributed by atoms with van der Waals surface area (Å²) in [6.07, 6.45) is -6.29. The zero-order valence-electron chi connectivity index (χ0n) is 34.4. The molecule has 21 atom stereocenters. The highest BCUT2D eigenvalue weighted by atomic mass is 16.7. The van der Waals surface area contributed by atoms with Crippen LogP contribution in [0.5, 0.6) is 0 Å². The first-order chi connectivity index (χ1) is 28.0. The van der Waals surface area contributed by atoms with Crippen LogP contribution in [0.4, 0.5) is 0 Å². The van der Waals surface area contributed by atoms with Gasteiger partial charge in [0.15, 0.2) is 18.9 Å². The lowest BCUT2D eigenvalue weighted by Gasteiger charge is -2.65. The molecule has 7 N–H and O–H groups in total. The lowest BCUT2D eigenvalue weighted by molar-refractivity contribution is -0.353. The Hall–Kier alpha value is -1.68. The summed E-state index contributed by atoms with van der Waals surface area (Å²) in [6, 6.07) is 0. The van der Waals surface area contributed by atoms with Crippen molar-refractivity contribution >= 4 is 12.3 Å². The molecule has 4 heterocycles. The lowest BCUT2D eigenvalue weighted by atomic mass is 9.41. The molecule has 0 aromatic carbocycles. The number of hydrogen-bond acceptors (Lipinski definition) is 17. The summed E-state index contributed by atoms with van der Waals surface area (Å²) in [4.78, 5) is 25.2. The number of esters is 1. The molecule has 4 saturated carbocycles. The van der Waals surface area contributed by atoms with Crippen LogP contribution in [0.1, 0.15) is 91.4 Å². The van der Waals surface area contributed by atoms with Crippen molar-refractivity contribution in [2.75, 3.05) is 20.3 Å². The van der Waals surface area contributed by atoms with Gasteiger partial charge in [-0.05, 0) is 88.5 Å². The molecule has 8 aliphatic rings. The molecule has 8 rings (SSSR count). The van der Waals surface area contributed by atoms with Crippen LogP contribution in [-0.2, 0) is 47.5 Å². The number of methoxy groups -OCH3 is 1. The van der Waals surface area contributed by atoms with Crippen molar-refractivity contribution in [3.05, 3.63) is 11.6 Å². The summed E-state index contributed by atoms with van der Waals surface area (Å²) in [6.45, 7) is 5.27. The Morgan fingerprint density at radius 3 is 2.20 bits per heavy atom. The molecule has 59 heavy (non-hydrogen) atoms. The van der Waals surface area contributed by atoms with Crippen molar-refractivity contribution in [3.8, 4) is 0 Å². The number of fused-ring (bicyclic) bond motifs is 5. The third-order valence-corrected chi connectivity index (χ3v) is 16.2. The minimum absolute atomic E-state index is 0.0244. The van der Waals surface area contributed by atoms with E-state index in [4.69, 9.17) is 37.9 Å². The molecule has 334 valence electrons. The van der Waals surface area contributed by atoms with Crippen LogP contribution in [0.3, 0.4) is 0 Å². The summed E-state index contributed by atoms with van der Waals surface area (Å²) in [5.41, 5.74) is -2.93. The van der Waals surface area contributed by atoms with Gasteiger partial charge in [0, 0.05) is 37.9 Å². The Morgan fingerprint density at radius 1 is 0.831 bits per heavy atom. The van der Waals surface area contributed by atoms with E-state index in [0.29, 0.717) is 44.9 Å². The first-order valence-electron chi connectivity index (χ1n) is 21.6. The Labute approximate surface area is 344 Å². The molecule has 0 amide bonds. The van der Waals surface area contributed by atoms with Gasteiger partial charge in [-0.15, -0.1) is 0 Å². The number of aliphatic hydroxyl groups excluding tert-OH is 5. The molecule has 17 heteroatoms. The molecule has 4 aliphatic carbocycles. The van der Waals surface area contributed by atoms with Crippen LogP contribution in [-0.4, -0.2) is 166 Å². The maximum absolute atomic E-state index is 13.3. The topological polar surface area (TPSA) is 250 Å². The molecule has 0 aromatic rings. The van der Waals surface area contributed by atoms with Crippen LogP contribution >= 0.6 is 0 Å². The van der Waals surface area contributed by atoms with E-state index in [9.17, 15) is 45.3 Å². The average Bonchev–Trinajstić information content (AvgIpc) is 3.75. The third kappa shape index (κ3) is 7.26. The van der Waals surface area contributed by atoms with Crippen LogP contribution < -0.4 is 0 Å². The van der Waals surface area contributed by atoms with Gasteiger partial charge in [0.05, 0.1) is 53.7 Å². The molecule has 4 aliphatic heterocycles. The molecular weight excluding hydrogens is 776 g/mol. The van der Waals surface area contributed by atoms with E-state index in [-0.39, 0.29) is 49.6 Å². The molecule has 0 radical (unpaired) electrons. The van der Waals surface area contributed by atoms with Gasteiger partial charge in [0.1, 0.15) is 49.5 Å². The van der Waals surface area contributed by atoms with Crippen molar-refractivity contribution in [1.29, 1.82) is 0 Å². The Morgan fingerprint density at radius 2 is 1.54 bits per heavy atom. The molecule has 0 aromatic heterocycles. The summed E-state index contributed by atoms with van der Waals surface area (Å²) >= 11 is 0. The molecule has 21 unspecified atom stereocenters. The second kappa shape index (κ2) is 16.5. The molecule has 0 spiro atoms. The van der Waals surface area contributed by atoms with Crippen molar-refractivity contribution < 1.29 is 83.2 Å². The number of hydrogen-bond donors (Lipinski definition) is 7. The lowest BCUT2D eigenvalue weighted by Crippen LogP contribution is -2.69. The van der Waals surface area contributed by atoms with Crippen LogP contribution in [0.2, 0.25) is 0 Å². The highest BCUT2D eigenvalue weighted by Crippen LogP contribution is 2.70. The summed E-state index contributed by atoms with van der Waals surface area (Å²) in [7, 11) is 1.48. The Bertz CT molecular complexity index is 1570. The summed E-state index contributed by atoms with van der Waals surface area (Å²) in [5, 5.41) is 76.8. The van der Waals surface area contributed by atoms with Gasteiger partial charge < -0.3 is 78.4 Å². The van der Waals surface area contributed by atoms with E-state index >= 15 is 0 Å². The van der Waals surface area contributed by atoms with Crippen LogP contribution in [0, 0.1) is 28.6 Å². The SMILES string of the molecule is COC1CC(OC2C(O)CC(OC3CCC4(C=O)C5CCC6(C)C(C7=CC(=O)OC7)CCC6(O)C5CCC4(O)C3)OC2C)OC(C)C1OC1OC(CO)C(O)C(O)C1O. The second-order valence-electron chi connectivity index (χ2n) is 19.0. The average molecular weight is 841 g/mol. The number of ether oxygens (including phenoxy) is 8. The Kier molecular flexibility index (Phi) is 12.3. The van der Waals surface area contributed by atoms with E-state index in [1.54, 1.807) is 19.9 Å². The van der Waals surface area contributed by atoms with Gasteiger partial charge in [0.25, 0.3) is 0 Å². The first kappa shape index (κ1) is 43.9. The van der Waals surface area contributed by atoms with Gasteiger partial charge in [-0.2, -0.15) is 0 Å². The van der Waals surface area contributed by atoms with Gasteiger partial charge in [-0.3, -0.25) is 0 Å². The van der Waals surface area contributed by atoms with E-state index in [1.165, 1.54) is 7.11 Å². The van der Waals surface area contributed by atoms with Crippen LogP contribution in [0.25, 0.3) is 0 Å². The zero-order chi connectivity index (χ0) is 42.2. The van der Waals surface area contributed by atoms with Crippen molar-refractivity contribution in [3.63, 3.8) is 0 Å². The maximum Gasteiger partial charge on any atom is 0.331 e. The fourth-order valence-electron chi connectivity index (χ4n) is 13.0. The zero-order valence-corrected chi connectivity index (χ0v) is 34.4. The first-order valence-corrected chi connectivity index (χ1v) is 21.6. The smallest absolute Gasteiger partial charge is 0.331 e. The van der Waals surface area contributed by atoms with E-state index in [2.05, 4.69) is 6.92 Å². The van der Waals surface area contributed by atoms with Gasteiger partial charge in [-0.25, -0.2) is 4.79 Å². The van der Waals surface area contributed by atoms with Crippen molar-refractivity contribution in [2.24, 2.45) is 28.6 Å². The van der Waals surface area contributed by atoms with Crippen molar-refractivity contribution in [1.82, 2.24) is 0 Å². The third-order valence-electron chi connectivity index (χ3n) is 16.2. The molecule has 7 fully saturated rings. The largest absolute Gasteiger partial charge is 0.458 e. The van der Waals surface area contributed by atoms with Gasteiger partial charge in [-0.1, -0.05) is 6.92 Å². The molecule has 17 nitrogen and oxygen atoms in total. The number of aldehydes is 1. The minimum atomic E-state index is -1.60. The molecule has 0 bridgehead atoms. The highest BCUT2D eigenvalue weighted by Gasteiger charge is 2.71. The van der Waals surface area contributed by atoms with E-state index in [1.807, 2.05) is 0 Å². The van der Waals surface area contributed by atoms with Crippen molar-refractivity contribution in [2.45, 2.75) is 189 Å². The fourth-order valence-corrected chi connectivity index (χ4v) is 13.0. The van der Waals surface area contributed by atoms with E-state index < -0.39 is 115 Å². The number of aliphatic hydroxyl groups is 7. The molecule has 3 saturated heterocycles. The summed E-state index contributed by atoms with van der Waals surface area (Å²) < 4.78 is 47.6. The van der Waals surface area contributed by atoms with Crippen LogP contribution in [0.15, 0.2) is 11.6 Å². The maximum atomic E-state index is 13.3. The minimum Gasteiger partial charge on any atom is -0.458 e. The van der Waals surface area contributed by atoms with E-state index in [0.717, 1.165) is 18.3 Å². The predicted molar refractivity (Wildman–Crippen MR) is 201 cm³/mol. The molecular formula is C42H64O17. The predicted octanol–water partition coefficient (Wildman–Crippen LogP) is 0.139. The Balaban J connectivity index is 0.864. The fraction of sp³-hybridized carbons (Fsp3) is 0.905.